The lowest BCUT2D eigenvalue weighted by Crippen LogP contribution is -2.01. The molecule has 1 aliphatic carbocycles. The zero-order valence-corrected chi connectivity index (χ0v) is 8.78. The highest BCUT2D eigenvalue weighted by Gasteiger charge is 2.43. The maximum Gasteiger partial charge on any atom is 0.0842 e. The van der Waals surface area contributed by atoms with Gasteiger partial charge in [0.25, 0.3) is 0 Å². The van der Waals surface area contributed by atoms with E-state index >= 15 is 0 Å². The molecule has 0 aromatic carbocycles. The molecule has 4 atom stereocenters. The molecule has 0 spiro atoms. The van der Waals surface area contributed by atoms with Crippen LogP contribution in [0.25, 0.3) is 0 Å². The third-order valence-corrected chi connectivity index (χ3v) is 3.84. The summed E-state index contributed by atoms with van der Waals surface area (Å²) in [6.07, 6.45) is 13.0. The Morgan fingerprint density at radius 2 is 0.929 bits per heavy atom. The Balaban J connectivity index is 1.48. The molecule has 2 heterocycles. The van der Waals surface area contributed by atoms with Gasteiger partial charge in [0.1, 0.15) is 0 Å². The summed E-state index contributed by atoms with van der Waals surface area (Å²) < 4.78 is 11.3. The quantitative estimate of drug-likeness (QED) is 0.556. The second-order valence-corrected chi connectivity index (χ2v) is 4.99. The van der Waals surface area contributed by atoms with Crippen LogP contribution in [0.15, 0.2) is 0 Å². The van der Waals surface area contributed by atoms with Crippen molar-refractivity contribution in [1.82, 2.24) is 0 Å². The van der Waals surface area contributed by atoms with E-state index < -0.39 is 0 Å². The van der Waals surface area contributed by atoms with Gasteiger partial charge in [-0.05, 0) is 25.7 Å². The lowest BCUT2D eigenvalue weighted by atomic mass is 10.0. The number of fused-ring (bicyclic) bond motifs is 2. The van der Waals surface area contributed by atoms with Crippen molar-refractivity contribution in [3.05, 3.63) is 0 Å². The first-order chi connectivity index (χ1) is 6.93. The van der Waals surface area contributed by atoms with Gasteiger partial charge in [0.15, 0.2) is 0 Å². The van der Waals surface area contributed by atoms with Crippen LogP contribution in [0, 0.1) is 0 Å². The molecule has 0 radical (unpaired) electrons. The molecule has 0 aromatic rings. The Hall–Kier alpha value is -0.0800. The minimum Gasteiger partial charge on any atom is -0.370 e. The molecule has 0 aromatic heterocycles. The third kappa shape index (κ3) is 2.12. The van der Waals surface area contributed by atoms with Gasteiger partial charge in [0, 0.05) is 0 Å². The highest BCUT2D eigenvalue weighted by atomic mass is 16.6. The summed E-state index contributed by atoms with van der Waals surface area (Å²) in [7, 11) is 0. The van der Waals surface area contributed by atoms with Gasteiger partial charge in [0.2, 0.25) is 0 Å². The fourth-order valence-corrected chi connectivity index (χ4v) is 2.75. The molecule has 0 amide bonds. The molecule has 0 bridgehead atoms. The van der Waals surface area contributed by atoms with E-state index in [1.165, 1.54) is 51.4 Å². The zero-order valence-electron chi connectivity index (χ0n) is 8.78. The highest BCUT2D eigenvalue weighted by Crippen LogP contribution is 2.37. The van der Waals surface area contributed by atoms with Crippen molar-refractivity contribution in [2.24, 2.45) is 0 Å². The second kappa shape index (κ2) is 3.82. The largest absolute Gasteiger partial charge is 0.370 e. The fraction of sp³-hybridized carbons (Fsp3) is 1.00. The standard InChI is InChI=1S/C12H20O2/c1-2-4-6-10-12(14-10)8-7-11-9(13-11)5-3-1/h9-12H,1-8H2. The monoisotopic (exact) mass is 196 g/mol. The Bertz CT molecular complexity index is 182. The smallest absolute Gasteiger partial charge is 0.0842 e. The number of epoxide rings is 2. The summed E-state index contributed by atoms with van der Waals surface area (Å²) in [5, 5.41) is 0. The van der Waals surface area contributed by atoms with Crippen molar-refractivity contribution in [3.63, 3.8) is 0 Å². The van der Waals surface area contributed by atoms with E-state index in [-0.39, 0.29) is 0 Å². The van der Waals surface area contributed by atoms with Gasteiger partial charge >= 0.3 is 0 Å². The number of hydrogen-bond donors (Lipinski definition) is 0. The molecule has 3 fully saturated rings. The van der Waals surface area contributed by atoms with Gasteiger partial charge < -0.3 is 9.47 Å². The van der Waals surface area contributed by atoms with Crippen LogP contribution >= 0.6 is 0 Å². The molecule has 3 rings (SSSR count). The van der Waals surface area contributed by atoms with Gasteiger partial charge in [-0.15, -0.1) is 0 Å². The van der Waals surface area contributed by atoms with E-state index in [9.17, 15) is 0 Å². The van der Waals surface area contributed by atoms with Crippen molar-refractivity contribution in [3.8, 4) is 0 Å². The molecule has 0 N–H and O–H groups in total. The first kappa shape index (κ1) is 9.17. The Kier molecular flexibility index (Phi) is 2.50. The fourth-order valence-electron chi connectivity index (χ4n) is 2.75. The Morgan fingerprint density at radius 1 is 0.500 bits per heavy atom. The molecule has 2 saturated heterocycles. The lowest BCUT2D eigenvalue weighted by molar-refractivity contribution is 0.324. The third-order valence-electron chi connectivity index (χ3n) is 3.84. The maximum atomic E-state index is 5.64. The summed E-state index contributed by atoms with van der Waals surface area (Å²) in [4.78, 5) is 0. The highest BCUT2D eigenvalue weighted by molar-refractivity contribution is 4.90. The summed E-state index contributed by atoms with van der Waals surface area (Å²) in [5.41, 5.74) is 0. The van der Waals surface area contributed by atoms with Gasteiger partial charge in [-0.1, -0.05) is 25.7 Å². The summed E-state index contributed by atoms with van der Waals surface area (Å²) in [6, 6.07) is 0. The van der Waals surface area contributed by atoms with Crippen molar-refractivity contribution in [2.45, 2.75) is 75.8 Å². The summed E-state index contributed by atoms with van der Waals surface area (Å²) >= 11 is 0. The van der Waals surface area contributed by atoms with Crippen LogP contribution in [0.1, 0.15) is 51.4 Å². The summed E-state index contributed by atoms with van der Waals surface area (Å²) in [6.45, 7) is 0. The molecule has 2 nitrogen and oxygen atoms in total. The normalized spacial score (nSPS) is 48.0. The molecule has 2 aliphatic heterocycles. The molecule has 1 saturated carbocycles. The number of hydrogen-bond acceptors (Lipinski definition) is 2. The van der Waals surface area contributed by atoms with E-state index in [4.69, 9.17) is 9.47 Å². The van der Waals surface area contributed by atoms with Crippen LogP contribution in [0.5, 0.6) is 0 Å². The second-order valence-electron chi connectivity index (χ2n) is 4.99. The van der Waals surface area contributed by atoms with E-state index in [0.29, 0.717) is 24.4 Å². The van der Waals surface area contributed by atoms with Crippen LogP contribution in [0.2, 0.25) is 0 Å². The predicted molar refractivity (Wildman–Crippen MR) is 54.3 cm³/mol. The van der Waals surface area contributed by atoms with Crippen molar-refractivity contribution >= 4 is 0 Å². The summed E-state index contributed by atoms with van der Waals surface area (Å²) in [5.74, 6) is 0. The van der Waals surface area contributed by atoms with E-state index in [1.807, 2.05) is 0 Å². The molecular formula is C12H20O2. The van der Waals surface area contributed by atoms with Crippen LogP contribution in [-0.2, 0) is 9.47 Å². The SMILES string of the molecule is C1CCCC2OC2CCC2OC2CC1. The van der Waals surface area contributed by atoms with Crippen LogP contribution < -0.4 is 0 Å². The van der Waals surface area contributed by atoms with Gasteiger partial charge in [-0.2, -0.15) is 0 Å². The lowest BCUT2D eigenvalue weighted by Gasteiger charge is -2.00. The van der Waals surface area contributed by atoms with Crippen LogP contribution in [-0.4, -0.2) is 24.4 Å². The molecule has 80 valence electrons. The van der Waals surface area contributed by atoms with Crippen molar-refractivity contribution in [1.29, 1.82) is 0 Å². The topological polar surface area (TPSA) is 25.1 Å². The zero-order chi connectivity index (χ0) is 9.38. The van der Waals surface area contributed by atoms with Crippen molar-refractivity contribution < 1.29 is 9.47 Å². The number of rotatable bonds is 0. The van der Waals surface area contributed by atoms with Crippen molar-refractivity contribution in [2.75, 3.05) is 0 Å². The molecule has 2 heteroatoms. The first-order valence-electron chi connectivity index (χ1n) is 6.24. The number of ether oxygens (including phenoxy) is 2. The van der Waals surface area contributed by atoms with Crippen LogP contribution in [0.3, 0.4) is 0 Å². The van der Waals surface area contributed by atoms with Crippen LogP contribution in [0.4, 0.5) is 0 Å². The molecule has 4 unspecified atom stereocenters. The molecule has 14 heavy (non-hydrogen) atoms. The first-order valence-corrected chi connectivity index (χ1v) is 6.24. The molecule has 3 aliphatic rings. The molecular weight excluding hydrogens is 176 g/mol. The Morgan fingerprint density at radius 3 is 1.43 bits per heavy atom. The predicted octanol–water partition coefficient (Wildman–Crippen LogP) is 2.66. The van der Waals surface area contributed by atoms with E-state index in [1.54, 1.807) is 0 Å². The average Bonchev–Trinajstić information content (AvgIpc) is 3.02. The van der Waals surface area contributed by atoms with E-state index in [2.05, 4.69) is 0 Å². The van der Waals surface area contributed by atoms with Gasteiger partial charge in [-0.3, -0.25) is 0 Å². The van der Waals surface area contributed by atoms with Gasteiger partial charge in [-0.25, -0.2) is 0 Å². The van der Waals surface area contributed by atoms with Gasteiger partial charge in [0.05, 0.1) is 24.4 Å². The minimum absolute atomic E-state index is 0.597. The Labute approximate surface area is 86.0 Å². The minimum atomic E-state index is 0.597. The average molecular weight is 196 g/mol. The van der Waals surface area contributed by atoms with E-state index in [0.717, 1.165) is 0 Å². The maximum absolute atomic E-state index is 5.64.